The molecule has 1 N–H and O–H groups in total. The topological polar surface area (TPSA) is 81.7 Å². The van der Waals surface area contributed by atoms with Gasteiger partial charge < -0.3 is 14.8 Å². The van der Waals surface area contributed by atoms with E-state index in [-0.39, 0.29) is 17.5 Å². The summed E-state index contributed by atoms with van der Waals surface area (Å²) in [6, 6.07) is 4.02. The van der Waals surface area contributed by atoms with Crippen molar-refractivity contribution in [2.75, 3.05) is 12.4 Å². The third-order valence-corrected chi connectivity index (χ3v) is 3.72. The lowest BCUT2D eigenvalue weighted by atomic mass is 10.2. The predicted molar refractivity (Wildman–Crippen MR) is 93.0 cm³/mol. The van der Waals surface area contributed by atoms with Crippen molar-refractivity contribution >= 4 is 28.9 Å². The summed E-state index contributed by atoms with van der Waals surface area (Å²) in [7, 11) is 0. The molecule has 0 fully saturated rings. The number of alkyl carbamates (subject to hydrolysis) is 1. The van der Waals surface area contributed by atoms with Gasteiger partial charge in [-0.05, 0) is 52.0 Å². The number of halogens is 1. The minimum atomic E-state index is -1.04. The average Bonchev–Trinajstić information content (AvgIpc) is 2.50. The van der Waals surface area contributed by atoms with E-state index in [4.69, 9.17) is 9.47 Å². The SMILES string of the molecule is CCOC(=O)[C@H](CSC(=O)c1ccc(F)cc1)NC(=O)OC(C)(C)C. The summed E-state index contributed by atoms with van der Waals surface area (Å²) in [6.07, 6.45) is -0.777. The lowest BCUT2D eigenvalue weighted by Gasteiger charge is -2.22. The quantitative estimate of drug-likeness (QED) is 0.774. The Balaban J connectivity index is 2.70. The summed E-state index contributed by atoms with van der Waals surface area (Å²) < 4.78 is 22.9. The Labute approximate surface area is 150 Å². The summed E-state index contributed by atoms with van der Waals surface area (Å²) in [4.78, 5) is 35.9. The minimum absolute atomic E-state index is 0.0334. The molecule has 0 saturated carbocycles. The van der Waals surface area contributed by atoms with Gasteiger partial charge in [0.1, 0.15) is 17.5 Å². The number of carbonyl (C=O) groups is 3. The minimum Gasteiger partial charge on any atom is -0.464 e. The molecule has 25 heavy (non-hydrogen) atoms. The van der Waals surface area contributed by atoms with Gasteiger partial charge in [-0.15, -0.1) is 0 Å². The van der Waals surface area contributed by atoms with Gasteiger partial charge in [0.2, 0.25) is 5.12 Å². The van der Waals surface area contributed by atoms with Crippen LogP contribution in [0.2, 0.25) is 0 Å². The van der Waals surface area contributed by atoms with Gasteiger partial charge in [-0.3, -0.25) is 4.79 Å². The zero-order chi connectivity index (χ0) is 19.0. The van der Waals surface area contributed by atoms with E-state index in [1.807, 2.05) is 0 Å². The van der Waals surface area contributed by atoms with Crippen molar-refractivity contribution in [3.63, 3.8) is 0 Å². The van der Waals surface area contributed by atoms with Crippen LogP contribution >= 0.6 is 11.8 Å². The number of thioether (sulfide) groups is 1. The van der Waals surface area contributed by atoms with E-state index < -0.39 is 29.5 Å². The second kappa shape index (κ2) is 9.41. The summed E-state index contributed by atoms with van der Waals surface area (Å²) in [5.74, 6) is -1.14. The summed E-state index contributed by atoms with van der Waals surface area (Å²) in [6.45, 7) is 6.86. The summed E-state index contributed by atoms with van der Waals surface area (Å²) >= 11 is 0.825. The van der Waals surface area contributed by atoms with Gasteiger partial charge in [-0.25, -0.2) is 14.0 Å². The zero-order valence-corrected chi connectivity index (χ0v) is 15.4. The maximum absolute atomic E-state index is 12.9. The van der Waals surface area contributed by atoms with Crippen LogP contribution in [0.25, 0.3) is 0 Å². The fourth-order valence-corrected chi connectivity index (χ4v) is 2.53. The van der Waals surface area contributed by atoms with Crippen LogP contribution < -0.4 is 5.32 Å². The molecule has 1 aromatic carbocycles. The zero-order valence-electron chi connectivity index (χ0n) is 14.6. The van der Waals surface area contributed by atoms with Crippen molar-refractivity contribution < 1.29 is 28.2 Å². The average molecular weight is 371 g/mol. The first-order chi connectivity index (χ1) is 11.6. The molecular formula is C17H22FNO5S. The number of amides is 1. The highest BCUT2D eigenvalue weighted by atomic mass is 32.2. The van der Waals surface area contributed by atoms with Gasteiger partial charge in [0, 0.05) is 11.3 Å². The Kier molecular flexibility index (Phi) is 7.89. The number of hydrogen-bond acceptors (Lipinski definition) is 6. The number of esters is 1. The summed E-state index contributed by atoms with van der Waals surface area (Å²) in [5.41, 5.74) is -0.424. The first-order valence-electron chi connectivity index (χ1n) is 7.71. The molecule has 1 aromatic rings. The number of benzene rings is 1. The molecule has 0 aliphatic rings. The fourth-order valence-electron chi connectivity index (χ4n) is 1.69. The molecule has 0 unspecified atom stereocenters. The van der Waals surface area contributed by atoms with E-state index in [1.165, 1.54) is 24.3 Å². The van der Waals surface area contributed by atoms with Crippen LogP contribution in [0.15, 0.2) is 24.3 Å². The second-order valence-electron chi connectivity index (χ2n) is 6.06. The Morgan fingerprint density at radius 1 is 1.20 bits per heavy atom. The largest absolute Gasteiger partial charge is 0.464 e. The van der Waals surface area contributed by atoms with Gasteiger partial charge in [0.15, 0.2) is 0 Å². The number of hydrogen-bond donors (Lipinski definition) is 1. The first-order valence-corrected chi connectivity index (χ1v) is 8.69. The van der Waals surface area contributed by atoms with Gasteiger partial charge in [-0.2, -0.15) is 0 Å². The molecule has 1 atom stereocenters. The lowest BCUT2D eigenvalue weighted by Crippen LogP contribution is -2.46. The van der Waals surface area contributed by atoms with Crippen LogP contribution in [0.3, 0.4) is 0 Å². The van der Waals surface area contributed by atoms with Crippen molar-refractivity contribution in [1.29, 1.82) is 0 Å². The Hall–Kier alpha value is -2.09. The van der Waals surface area contributed by atoms with E-state index >= 15 is 0 Å². The molecule has 0 spiro atoms. The molecular weight excluding hydrogens is 349 g/mol. The van der Waals surface area contributed by atoms with Crippen LogP contribution in [-0.4, -0.2) is 41.2 Å². The highest BCUT2D eigenvalue weighted by Crippen LogP contribution is 2.15. The van der Waals surface area contributed by atoms with Gasteiger partial charge in [0.05, 0.1) is 6.61 Å². The molecule has 0 saturated heterocycles. The highest BCUT2D eigenvalue weighted by Gasteiger charge is 2.26. The molecule has 1 rings (SSSR count). The molecule has 8 heteroatoms. The molecule has 6 nitrogen and oxygen atoms in total. The van der Waals surface area contributed by atoms with Gasteiger partial charge >= 0.3 is 12.1 Å². The summed E-state index contributed by atoms with van der Waals surface area (Å²) in [5, 5.41) is 2.06. The molecule has 0 aliphatic heterocycles. The van der Waals surface area contributed by atoms with Crippen LogP contribution in [0.1, 0.15) is 38.1 Å². The highest BCUT2D eigenvalue weighted by molar-refractivity contribution is 8.14. The van der Waals surface area contributed by atoms with Crippen molar-refractivity contribution in [2.45, 2.75) is 39.3 Å². The van der Waals surface area contributed by atoms with Crippen molar-refractivity contribution in [1.82, 2.24) is 5.32 Å². The predicted octanol–water partition coefficient (Wildman–Crippen LogP) is 3.16. The monoisotopic (exact) mass is 371 g/mol. The number of rotatable bonds is 6. The van der Waals surface area contributed by atoms with Crippen molar-refractivity contribution in [3.05, 3.63) is 35.6 Å². The standard InChI is InChI=1S/C17H22FNO5S/c1-5-23-14(20)13(19-16(22)24-17(2,3)4)10-25-15(21)11-6-8-12(18)9-7-11/h6-9,13H,5,10H2,1-4H3,(H,19,22)/t13-/m0/s1. The Bertz CT molecular complexity index is 612. The maximum atomic E-state index is 12.9. The van der Waals surface area contributed by atoms with E-state index in [0.717, 1.165) is 11.8 Å². The Morgan fingerprint density at radius 3 is 2.32 bits per heavy atom. The van der Waals surface area contributed by atoms with E-state index in [9.17, 15) is 18.8 Å². The van der Waals surface area contributed by atoms with Crippen LogP contribution in [-0.2, 0) is 14.3 Å². The molecule has 0 radical (unpaired) electrons. The molecule has 0 aliphatic carbocycles. The second-order valence-corrected chi connectivity index (χ2v) is 7.05. The molecule has 0 aromatic heterocycles. The third kappa shape index (κ3) is 8.02. The van der Waals surface area contributed by atoms with Crippen LogP contribution in [0.4, 0.5) is 9.18 Å². The van der Waals surface area contributed by atoms with E-state index in [1.54, 1.807) is 27.7 Å². The van der Waals surface area contributed by atoms with Gasteiger partial charge in [0.25, 0.3) is 0 Å². The normalized spacial score (nSPS) is 12.2. The number of ether oxygens (including phenoxy) is 2. The molecule has 138 valence electrons. The fraction of sp³-hybridized carbons (Fsp3) is 0.471. The Morgan fingerprint density at radius 2 is 1.80 bits per heavy atom. The van der Waals surface area contributed by atoms with E-state index in [2.05, 4.69) is 5.32 Å². The molecule has 1 amide bonds. The van der Waals surface area contributed by atoms with Crippen molar-refractivity contribution in [2.24, 2.45) is 0 Å². The first kappa shape index (κ1) is 21.0. The smallest absolute Gasteiger partial charge is 0.408 e. The van der Waals surface area contributed by atoms with Crippen LogP contribution in [0, 0.1) is 5.82 Å². The van der Waals surface area contributed by atoms with Crippen molar-refractivity contribution in [3.8, 4) is 0 Å². The van der Waals surface area contributed by atoms with Gasteiger partial charge in [-0.1, -0.05) is 11.8 Å². The van der Waals surface area contributed by atoms with Crippen LogP contribution in [0.5, 0.6) is 0 Å². The molecule has 0 heterocycles. The number of carbonyl (C=O) groups excluding carboxylic acids is 3. The maximum Gasteiger partial charge on any atom is 0.408 e. The lowest BCUT2D eigenvalue weighted by molar-refractivity contribution is -0.144. The number of nitrogens with one attached hydrogen (secondary N) is 1. The molecule has 0 bridgehead atoms. The van der Waals surface area contributed by atoms with E-state index in [0.29, 0.717) is 5.56 Å². The third-order valence-electron chi connectivity index (χ3n) is 2.72.